The Morgan fingerprint density at radius 1 is 1.53 bits per heavy atom. The number of amides is 1. The number of rotatable bonds is 3. The summed E-state index contributed by atoms with van der Waals surface area (Å²) in [5.74, 6) is 0.499. The number of hydrogen-bond acceptors (Lipinski definition) is 4. The average molecular weight is 236 g/mol. The summed E-state index contributed by atoms with van der Waals surface area (Å²) in [4.78, 5) is 13.6. The molecule has 0 saturated carbocycles. The largest absolute Gasteiger partial charge is 0.479 e. The molecule has 17 heavy (non-hydrogen) atoms. The van der Waals surface area contributed by atoms with E-state index in [1.807, 2.05) is 0 Å². The lowest BCUT2D eigenvalue weighted by atomic mass is 10.1. The van der Waals surface area contributed by atoms with Gasteiger partial charge in [-0.2, -0.15) is 0 Å². The van der Waals surface area contributed by atoms with Crippen molar-refractivity contribution >= 4 is 17.3 Å². The normalized spacial score (nSPS) is 18.8. The number of hydrogen-bond donors (Lipinski definition) is 2. The molecule has 0 aromatic heterocycles. The number of benzene rings is 1. The highest BCUT2D eigenvalue weighted by atomic mass is 16.5. The van der Waals surface area contributed by atoms with Crippen LogP contribution in [-0.4, -0.2) is 30.3 Å². The van der Waals surface area contributed by atoms with E-state index >= 15 is 0 Å². The Labute approximate surface area is 99.8 Å². The van der Waals surface area contributed by atoms with Crippen molar-refractivity contribution < 1.29 is 14.6 Å². The number of aliphatic hydroxyl groups is 1. The van der Waals surface area contributed by atoms with Crippen molar-refractivity contribution in [1.82, 2.24) is 0 Å². The van der Waals surface area contributed by atoms with Gasteiger partial charge in [0, 0.05) is 13.2 Å². The van der Waals surface area contributed by atoms with E-state index in [2.05, 4.69) is 0 Å². The second-order valence-corrected chi connectivity index (χ2v) is 4.02. The Morgan fingerprint density at radius 2 is 2.29 bits per heavy atom. The fraction of sp³-hybridized carbons (Fsp3) is 0.417. The number of nitrogens with zero attached hydrogens (tertiary/aromatic N) is 1. The first-order chi connectivity index (χ1) is 8.15. The highest BCUT2D eigenvalue weighted by molar-refractivity contribution is 6.02. The van der Waals surface area contributed by atoms with Crippen LogP contribution in [0.3, 0.4) is 0 Å². The predicted molar refractivity (Wildman–Crippen MR) is 65.0 cm³/mol. The smallest absolute Gasteiger partial charge is 0.267 e. The van der Waals surface area contributed by atoms with Crippen LogP contribution < -0.4 is 15.4 Å². The number of fused-ring (bicyclic) bond motifs is 1. The van der Waals surface area contributed by atoms with E-state index in [9.17, 15) is 4.79 Å². The SMILES string of the molecule is CC1Oc2cccc(N)c2N(CCCO)C1=O. The van der Waals surface area contributed by atoms with Crippen LogP contribution in [0, 0.1) is 0 Å². The van der Waals surface area contributed by atoms with Gasteiger partial charge in [-0.15, -0.1) is 0 Å². The maximum atomic E-state index is 12.0. The van der Waals surface area contributed by atoms with Crippen LogP contribution in [0.1, 0.15) is 13.3 Å². The third-order valence-electron chi connectivity index (χ3n) is 2.76. The molecular formula is C12H16N2O3. The number of nitrogen functional groups attached to an aromatic ring is 1. The van der Waals surface area contributed by atoms with Crippen molar-refractivity contribution in [1.29, 1.82) is 0 Å². The molecule has 1 unspecified atom stereocenters. The summed E-state index contributed by atoms with van der Waals surface area (Å²) in [6, 6.07) is 5.32. The fourth-order valence-electron chi connectivity index (χ4n) is 1.94. The highest BCUT2D eigenvalue weighted by Gasteiger charge is 2.32. The summed E-state index contributed by atoms with van der Waals surface area (Å²) < 4.78 is 5.50. The minimum Gasteiger partial charge on any atom is -0.479 e. The Balaban J connectivity index is 2.40. The lowest BCUT2D eigenvalue weighted by Gasteiger charge is -2.33. The molecule has 1 amide bonds. The second-order valence-electron chi connectivity index (χ2n) is 4.02. The molecule has 1 aliphatic rings. The number of anilines is 2. The number of ether oxygens (including phenoxy) is 1. The quantitative estimate of drug-likeness (QED) is 0.760. The fourth-order valence-corrected chi connectivity index (χ4v) is 1.94. The van der Waals surface area contributed by atoms with Crippen molar-refractivity contribution in [3.63, 3.8) is 0 Å². The molecule has 92 valence electrons. The van der Waals surface area contributed by atoms with Gasteiger partial charge < -0.3 is 20.5 Å². The van der Waals surface area contributed by atoms with Crippen molar-refractivity contribution in [3.8, 4) is 5.75 Å². The van der Waals surface area contributed by atoms with Gasteiger partial charge in [-0.25, -0.2) is 0 Å². The van der Waals surface area contributed by atoms with E-state index in [0.29, 0.717) is 30.1 Å². The zero-order valence-electron chi connectivity index (χ0n) is 9.72. The van der Waals surface area contributed by atoms with Crippen molar-refractivity contribution in [3.05, 3.63) is 18.2 Å². The number of nitrogens with two attached hydrogens (primary N) is 1. The molecule has 1 aromatic rings. The van der Waals surface area contributed by atoms with Gasteiger partial charge in [0.1, 0.15) is 11.4 Å². The Bertz CT molecular complexity index is 434. The van der Waals surface area contributed by atoms with Gasteiger partial charge >= 0.3 is 0 Å². The van der Waals surface area contributed by atoms with Crippen LogP contribution in [0.5, 0.6) is 5.75 Å². The van der Waals surface area contributed by atoms with Gasteiger partial charge in [-0.05, 0) is 25.5 Å². The van der Waals surface area contributed by atoms with Crippen LogP contribution in [-0.2, 0) is 4.79 Å². The summed E-state index contributed by atoms with van der Waals surface area (Å²) in [6.45, 7) is 2.20. The zero-order chi connectivity index (χ0) is 12.4. The van der Waals surface area contributed by atoms with Gasteiger partial charge in [0.2, 0.25) is 0 Å². The summed E-state index contributed by atoms with van der Waals surface area (Å²) >= 11 is 0. The zero-order valence-corrected chi connectivity index (χ0v) is 9.72. The average Bonchev–Trinajstić information content (AvgIpc) is 2.30. The number of carbonyl (C=O) groups excluding carboxylic acids is 1. The molecule has 0 saturated heterocycles. The van der Waals surface area contributed by atoms with Crippen molar-refractivity contribution in [2.75, 3.05) is 23.8 Å². The highest BCUT2D eigenvalue weighted by Crippen LogP contribution is 2.38. The van der Waals surface area contributed by atoms with Crippen LogP contribution in [0.25, 0.3) is 0 Å². The Kier molecular flexibility index (Phi) is 3.19. The summed E-state index contributed by atoms with van der Waals surface area (Å²) in [5, 5.41) is 8.87. The maximum Gasteiger partial charge on any atom is 0.267 e. The summed E-state index contributed by atoms with van der Waals surface area (Å²) in [5.41, 5.74) is 7.00. The topological polar surface area (TPSA) is 75.8 Å². The third kappa shape index (κ3) is 2.06. The second kappa shape index (κ2) is 4.63. The standard InChI is InChI=1S/C12H16N2O3/c1-8-12(16)14(6-3-7-15)11-9(13)4-2-5-10(11)17-8/h2,4-5,8,15H,3,6-7,13H2,1H3. The van der Waals surface area contributed by atoms with Gasteiger partial charge in [-0.1, -0.05) is 6.07 Å². The molecule has 2 rings (SSSR count). The maximum absolute atomic E-state index is 12.0. The van der Waals surface area contributed by atoms with E-state index < -0.39 is 6.10 Å². The Hall–Kier alpha value is -1.75. The first-order valence-corrected chi connectivity index (χ1v) is 5.62. The lowest BCUT2D eigenvalue weighted by molar-refractivity contribution is -0.125. The minimum atomic E-state index is -0.511. The first kappa shape index (κ1) is 11.7. The molecule has 0 spiro atoms. The summed E-state index contributed by atoms with van der Waals surface area (Å²) in [7, 11) is 0. The van der Waals surface area contributed by atoms with Gasteiger partial charge in [-0.3, -0.25) is 4.79 Å². The van der Waals surface area contributed by atoms with E-state index in [-0.39, 0.29) is 12.5 Å². The van der Waals surface area contributed by atoms with Crippen LogP contribution in [0.15, 0.2) is 18.2 Å². The van der Waals surface area contributed by atoms with E-state index in [1.54, 1.807) is 30.0 Å². The van der Waals surface area contributed by atoms with Gasteiger partial charge in [0.25, 0.3) is 5.91 Å². The molecule has 1 heterocycles. The van der Waals surface area contributed by atoms with Crippen molar-refractivity contribution in [2.24, 2.45) is 0 Å². The van der Waals surface area contributed by atoms with E-state index in [4.69, 9.17) is 15.6 Å². The Morgan fingerprint density at radius 3 is 3.00 bits per heavy atom. The third-order valence-corrected chi connectivity index (χ3v) is 2.76. The molecule has 5 nitrogen and oxygen atoms in total. The summed E-state index contributed by atoms with van der Waals surface area (Å²) in [6.07, 6.45) is 0.00896. The molecule has 3 N–H and O–H groups in total. The molecule has 1 atom stereocenters. The van der Waals surface area contributed by atoms with Crippen LogP contribution >= 0.6 is 0 Å². The number of aliphatic hydroxyl groups excluding tert-OH is 1. The minimum absolute atomic E-state index is 0.0427. The van der Waals surface area contributed by atoms with E-state index in [0.717, 1.165) is 0 Å². The molecule has 0 aliphatic carbocycles. The van der Waals surface area contributed by atoms with Gasteiger partial charge in [0.05, 0.1) is 5.69 Å². The number of para-hydroxylation sites is 1. The predicted octanol–water partition coefficient (Wildman–Crippen LogP) is 0.765. The van der Waals surface area contributed by atoms with Crippen LogP contribution in [0.2, 0.25) is 0 Å². The van der Waals surface area contributed by atoms with Crippen molar-refractivity contribution in [2.45, 2.75) is 19.4 Å². The van der Waals surface area contributed by atoms with Gasteiger partial charge in [0.15, 0.2) is 6.10 Å². The molecule has 1 aromatic carbocycles. The van der Waals surface area contributed by atoms with E-state index in [1.165, 1.54) is 0 Å². The first-order valence-electron chi connectivity index (χ1n) is 5.62. The van der Waals surface area contributed by atoms with Crippen LogP contribution in [0.4, 0.5) is 11.4 Å². The lowest BCUT2D eigenvalue weighted by Crippen LogP contribution is -2.45. The monoisotopic (exact) mass is 236 g/mol. The molecule has 5 heteroatoms. The molecule has 0 bridgehead atoms. The molecule has 0 radical (unpaired) electrons. The molecule has 0 fully saturated rings. The molecular weight excluding hydrogens is 220 g/mol. The number of carbonyl (C=O) groups is 1. The molecule has 1 aliphatic heterocycles.